The molecule has 1 unspecified atom stereocenters. The van der Waals surface area contributed by atoms with Gasteiger partial charge in [0.25, 0.3) is 5.91 Å². The van der Waals surface area contributed by atoms with E-state index in [0.29, 0.717) is 11.8 Å². The zero-order chi connectivity index (χ0) is 16.4. The molecule has 4 heterocycles. The number of rotatable bonds is 3. The molecule has 0 radical (unpaired) electrons. The van der Waals surface area contributed by atoms with E-state index in [1.807, 2.05) is 39.9 Å². The number of carbonyl (C=O) groups is 1. The summed E-state index contributed by atoms with van der Waals surface area (Å²) in [6.45, 7) is 5.41. The van der Waals surface area contributed by atoms with Gasteiger partial charge in [-0.3, -0.25) is 9.69 Å². The average molecular weight is 328 g/mol. The molecule has 6 heteroatoms. The molecule has 0 bridgehead atoms. The maximum absolute atomic E-state index is 12.8. The van der Waals surface area contributed by atoms with Gasteiger partial charge in [0, 0.05) is 45.2 Å². The number of imidazole rings is 1. The Morgan fingerprint density at radius 3 is 3.00 bits per heavy atom. The summed E-state index contributed by atoms with van der Waals surface area (Å²) in [7, 11) is 0. The molecule has 24 heavy (non-hydrogen) atoms. The van der Waals surface area contributed by atoms with Crippen molar-refractivity contribution in [3.8, 4) is 0 Å². The standard InChI is InChI=1S/C18H24N4O2/c23-18(16-14-22-8-2-1-6-17(22)19-16)21-9-4-7-20(10-11-21)13-15-5-3-12-24-15/h1-2,6,8,14-15H,3-5,7,9-13H2. The number of nitrogens with zero attached hydrogens (tertiary/aromatic N) is 4. The van der Waals surface area contributed by atoms with Gasteiger partial charge in [0.1, 0.15) is 11.3 Å². The molecule has 2 aromatic heterocycles. The van der Waals surface area contributed by atoms with Crippen molar-refractivity contribution in [2.24, 2.45) is 0 Å². The van der Waals surface area contributed by atoms with Gasteiger partial charge in [0.05, 0.1) is 6.10 Å². The molecular weight excluding hydrogens is 304 g/mol. The molecule has 128 valence electrons. The minimum atomic E-state index is 0.0395. The van der Waals surface area contributed by atoms with Gasteiger partial charge >= 0.3 is 0 Å². The molecule has 2 fully saturated rings. The van der Waals surface area contributed by atoms with Gasteiger partial charge in [-0.2, -0.15) is 0 Å². The summed E-state index contributed by atoms with van der Waals surface area (Å²) in [4.78, 5) is 21.6. The van der Waals surface area contributed by atoms with Gasteiger partial charge in [0.2, 0.25) is 0 Å². The fourth-order valence-corrected chi connectivity index (χ4v) is 3.63. The molecule has 0 spiro atoms. The van der Waals surface area contributed by atoms with Crippen LogP contribution in [0.1, 0.15) is 29.8 Å². The Morgan fingerprint density at radius 1 is 1.21 bits per heavy atom. The van der Waals surface area contributed by atoms with Gasteiger partial charge in [-0.05, 0) is 37.9 Å². The summed E-state index contributed by atoms with van der Waals surface area (Å²) in [5.74, 6) is 0.0395. The van der Waals surface area contributed by atoms with Crippen LogP contribution in [0.15, 0.2) is 30.6 Å². The molecule has 2 saturated heterocycles. The van der Waals surface area contributed by atoms with E-state index < -0.39 is 0 Å². The number of amides is 1. The van der Waals surface area contributed by atoms with Gasteiger partial charge in [-0.1, -0.05) is 6.07 Å². The van der Waals surface area contributed by atoms with Crippen molar-refractivity contribution in [3.05, 3.63) is 36.3 Å². The van der Waals surface area contributed by atoms with Crippen molar-refractivity contribution >= 4 is 11.6 Å². The van der Waals surface area contributed by atoms with E-state index in [-0.39, 0.29) is 5.91 Å². The molecule has 0 aromatic carbocycles. The second kappa shape index (κ2) is 6.91. The van der Waals surface area contributed by atoms with E-state index >= 15 is 0 Å². The van der Waals surface area contributed by atoms with E-state index in [9.17, 15) is 4.79 Å². The number of aromatic nitrogens is 2. The zero-order valence-electron chi connectivity index (χ0n) is 13.9. The molecule has 1 amide bonds. The highest BCUT2D eigenvalue weighted by Gasteiger charge is 2.24. The van der Waals surface area contributed by atoms with Crippen LogP contribution in [0, 0.1) is 0 Å². The number of carbonyl (C=O) groups excluding carboxylic acids is 1. The van der Waals surface area contributed by atoms with Crippen molar-refractivity contribution in [2.45, 2.75) is 25.4 Å². The molecule has 6 nitrogen and oxygen atoms in total. The maximum atomic E-state index is 12.8. The summed E-state index contributed by atoms with van der Waals surface area (Å²) in [5.41, 5.74) is 1.35. The van der Waals surface area contributed by atoms with Gasteiger partial charge < -0.3 is 14.0 Å². The number of hydrogen-bond donors (Lipinski definition) is 0. The van der Waals surface area contributed by atoms with Crippen LogP contribution < -0.4 is 0 Å². The Hall–Kier alpha value is -1.92. The highest BCUT2D eigenvalue weighted by Crippen LogP contribution is 2.15. The highest BCUT2D eigenvalue weighted by molar-refractivity contribution is 5.93. The van der Waals surface area contributed by atoms with Crippen LogP contribution >= 0.6 is 0 Å². The largest absolute Gasteiger partial charge is 0.377 e. The lowest BCUT2D eigenvalue weighted by Crippen LogP contribution is -2.37. The fraction of sp³-hybridized carbons (Fsp3) is 0.556. The lowest BCUT2D eigenvalue weighted by Gasteiger charge is -2.23. The molecule has 0 aliphatic carbocycles. The van der Waals surface area contributed by atoms with Crippen LogP contribution in [0.3, 0.4) is 0 Å². The van der Waals surface area contributed by atoms with E-state index in [1.165, 1.54) is 12.8 Å². The third-order valence-electron chi connectivity index (χ3n) is 4.94. The first kappa shape index (κ1) is 15.6. The van der Waals surface area contributed by atoms with E-state index in [0.717, 1.165) is 51.4 Å². The number of fused-ring (bicyclic) bond motifs is 1. The summed E-state index contributed by atoms with van der Waals surface area (Å²) >= 11 is 0. The van der Waals surface area contributed by atoms with Gasteiger partial charge in [-0.15, -0.1) is 0 Å². The zero-order valence-corrected chi connectivity index (χ0v) is 13.9. The van der Waals surface area contributed by atoms with Crippen molar-refractivity contribution in [2.75, 3.05) is 39.3 Å². The quantitative estimate of drug-likeness (QED) is 0.860. The summed E-state index contributed by atoms with van der Waals surface area (Å²) in [6.07, 6.45) is 7.48. The number of ether oxygens (including phenoxy) is 1. The van der Waals surface area contributed by atoms with Crippen LogP contribution in [0.4, 0.5) is 0 Å². The van der Waals surface area contributed by atoms with E-state index in [1.54, 1.807) is 0 Å². The molecule has 2 aromatic rings. The van der Waals surface area contributed by atoms with Gasteiger partial charge in [0.15, 0.2) is 0 Å². The van der Waals surface area contributed by atoms with Gasteiger partial charge in [-0.25, -0.2) is 4.98 Å². The SMILES string of the molecule is O=C(c1cn2ccccc2n1)N1CCCN(CC2CCCO2)CC1. The smallest absolute Gasteiger partial charge is 0.274 e. The second-order valence-electron chi connectivity index (χ2n) is 6.67. The number of hydrogen-bond acceptors (Lipinski definition) is 4. The topological polar surface area (TPSA) is 50.1 Å². The van der Waals surface area contributed by atoms with Crippen LogP contribution in [-0.4, -0.2) is 70.5 Å². The lowest BCUT2D eigenvalue weighted by molar-refractivity contribution is 0.0701. The predicted octanol–water partition coefficient (Wildman–Crippen LogP) is 1.66. The summed E-state index contributed by atoms with van der Waals surface area (Å²) in [5, 5.41) is 0. The van der Waals surface area contributed by atoms with Crippen LogP contribution in [0.2, 0.25) is 0 Å². The predicted molar refractivity (Wildman–Crippen MR) is 91.1 cm³/mol. The summed E-state index contributed by atoms with van der Waals surface area (Å²) < 4.78 is 7.64. The Morgan fingerprint density at radius 2 is 2.17 bits per heavy atom. The fourth-order valence-electron chi connectivity index (χ4n) is 3.63. The second-order valence-corrected chi connectivity index (χ2v) is 6.67. The lowest BCUT2D eigenvalue weighted by atomic mass is 10.2. The van der Waals surface area contributed by atoms with Crippen LogP contribution in [-0.2, 0) is 4.74 Å². The molecule has 0 N–H and O–H groups in total. The Kier molecular flexibility index (Phi) is 4.49. The molecular formula is C18H24N4O2. The third-order valence-corrected chi connectivity index (χ3v) is 4.94. The Labute approximate surface area is 142 Å². The van der Waals surface area contributed by atoms with Crippen molar-refractivity contribution in [1.29, 1.82) is 0 Å². The monoisotopic (exact) mass is 328 g/mol. The Bertz CT molecular complexity index is 675. The minimum Gasteiger partial charge on any atom is -0.377 e. The van der Waals surface area contributed by atoms with Crippen molar-refractivity contribution < 1.29 is 9.53 Å². The normalized spacial score (nSPS) is 22.8. The van der Waals surface area contributed by atoms with E-state index in [4.69, 9.17) is 4.74 Å². The highest BCUT2D eigenvalue weighted by atomic mass is 16.5. The molecule has 1 atom stereocenters. The maximum Gasteiger partial charge on any atom is 0.274 e. The van der Waals surface area contributed by atoms with E-state index in [2.05, 4.69) is 9.88 Å². The summed E-state index contributed by atoms with van der Waals surface area (Å²) in [6, 6.07) is 5.80. The molecule has 0 saturated carbocycles. The molecule has 4 rings (SSSR count). The minimum absolute atomic E-state index is 0.0395. The van der Waals surface area contributed by atoms with Crippen LogP contribution in [0.5, 0.6) is 0 Å². The molecule has 2 aliphatic rings. The third kappa shape index (κ3) is 3.30. The number of pyridine rings is 1. The first-order valence-electron chi connectivity index (χ1n) is 8.86. The van der Waals surface area contributed by atoms with Crippen LogP contribution in [0.25, 0.3) is 5.65 Å². The van der Waals surface area contributed by atoms with Crippen molar-refractivity contribution in [3.63, 3.8) is 0 Å². The first-order chi connectivity index (χ1) is 11.8. The van der Waals surface area contributed by atoms with Crippen molar-refractivity contribution in [1.82, 2.24) is 19.2 Å². The first-order valence-corrected chi connectivity index (χ1v) is 8.86. The molecule has 2 aliphatic heterocycles. The average Bonchev–Trinajstić information content (AvgIpc) is 3.20. The Balaban J connectivity index is 1.39.